The Bertz CT molecular complexity index is 301. The van der Waals surface area contributed by atoms with Gasteiger partial charge in [-0.1, -0.05) is 0 Å². The summed E-state index contributed by atoms with van der Waals surface area (Å²) in [6.45, 7) is -0.540. The van der Waals surface area contributed by atoms with Crippen molar-refractivity contribution in [2.24, 2.45) is 0 Å². The number of hydrogen-bond donors (Lipinski definition) is 3. The zero-order valence-corrected chi connectivity index (χ0v) is 11.0. The molecular weight excluding hydrogens is 253 g/mol. The number of carbonyl (C=O) groups excluding carboxylic acids is 1. The Morgan fingerprint density at radius 1 is 1.41 bits per heavy atom. The van der Waals surface area contributed by atoms with E-state index in [0.717, 1.165) is 0 Å². The number of quaternary nitrogens is 1. The highest BCUT2D eigenvalue weighted by molar-refractivity contribution is 7.48. The van der Waals surface area contributed by atoms with E-state index in [1.807, 2.05) is 21.1 Å². The molecular formula is C8H19NO7P+. The Balaban J connectivity index is 4.13. The minimum absolute atomic E-state index is 0.0836. The number of likely N-dealkylation sites (N-methyl/N-ethyl adjacent to an activating group) is 1. The molecule has 0 aromatic heterocycles. The first-order chi connectivity index (χ1) is 7.57. The van der Waals surface area contributed by atoms with E-state index in [4.69, 9.17) is 15.1 Å². The van der Waals surface area contributed by atoms with Crippen LogP contribution in [-0.2, 0) is 18.4 Å². The van der Waals surface area contributed by atoms with Gasteiger partial charge in [0, 0.05) is 0 Å². The summed E-state index contributed by atoms with van der Waals surface area (Å²) in [5, 5.41) is 17.2. The SMILES string of the molecule is C[N+](C)(C)CCOP(=O)(O)OC(=O)C(O)CO. The van der Waals surface area contributed by atoms with Crippen molar-refractivity contribution in [3.05, 3.63) is 0 Å². The van der Waals surface area contributed by atoms with Gasteiger partial charge in [-0.15, -0.1) is 0 Å². The fourth-order valence-corrected chi connectivity index (χ4v) is 1.42. The van der Waals surface area contributed by atoms with Gasteiger partial charge in [0.05, 0.1) is 27.7 Å². The molecule has 0 rings (SSSR count). The number of phosphoric ester groups is 1. The molecule has 0 aliphatic rings. The lowest BCUT2D eigenvalue weighted by Crippen LogP contribution is -2.37. The van der Waals surface area contributed by atoms with Gasteiger partial charge in [0.25, 0.3) is 0 Å². The fraction of sp³-hybridized carbons (Fsp3) is 0.875. The zero-order chi connectivity index (χ0) is 13.7. The van der Waals surface area contributed by atoms with E-state index in [2.05, 4.69) is 9.05 Å². The van der Waals surface area contributed by atoms with Crippen molar-refractivity contribution < 1.29 is 38.0 Å². The van der Waals surface area contributed by atoms with E-state index in [0.29, 0.717) is 11.0 Å². The molecule has 2 unspecified atom stereocenters. The number of aliphatic hydroxyl groups is 2. The van der Waals surface area contributed by atoms with Crippen LogP contribution in [0.2, 0.25) is 0 Å². The van der Waals surface area contributed by atoms with Crippen LogP contribution < -0.4 is 0 Å². The van der Waals surface area contributed by atoms with Gasteiger partial charge in [-0.25, -0.2) is 9.36 Å². The monoisotopic (exact) mass is 272 g/mol. The van der Waals surface area contributed by atoms with Crippen molar-refractivity contribution in [2.75, 3.05) is 40.9 Å². The Hall–Kier alpha value is -0.500. The summed E-state index contributed by atoms with van der Waals surface area (Å²) < 4.78 is 20.3. The molecule has 0 saturated heterocycles. The number of aliphatic hydroxyl groups excluding tert-OH is 2. The second kappa shape index (κ2) is 6.44. The third-order valence-electron chi connectivity index (χ3n) is 1.67. The van der Waals surface area contributed by atoms with Crippen LogP contribution in [0.4, 0.5) is 0 Å². The molecule has 0 amide bonds. The van der Waals surface area contributed by atoms with E-state index >= 15 is 0 Å². The number of hydrogen-bond acceptors (Lipinski definition) is 6. The predicted octanol–water partition coefficient (Wildman–Crippen LogP) is -1.29. The molecule has 0 bridgehead atoms. The van der Waals surface area contributed by atoms with E-state index < -0.39 is 26.5 Å². The van der Waals surface area contributed by atoms with Gasteiger partial charge >= 0.3 is 13.8 Å². The van der Waals surface area contributed by atoms with Crippen LogP contribution in [0.25, 0.3) is 0 Å². The highest BCUT2D eigenvalue weighted by Crippen LogP contribution is 2.43. The second-order valence-electron chi connectivity index (χ2n) is 4.42. The van der Waals surface area contributed by atoms with Crippen molar-refractivity contribution in [3.63, 3.8) is 0 Å². The lowest BCUT2D eigenvalue weighted by Gasteiger charge is -2.23. The number of rotatable bonds is 7. The van der Waals surface area contributed by atoms with E-state index in [1.54, 1.807) is 0 Å². The number of nitrogens with zero attached hydrogens (tertiary/aromatic N) is 1. The Morgan fingerprint density at radius 2 is 1.94 bits per heavy atom. The Kier molecular flexibility index (Phi) is 6.25. The van der Waals surface area contributed by atoms with Crippen LogP contribution in [0.5, 0.6) is 0 Å². The molecule has 9 heteroatoms. The molecule has 3 N–H and O–H groups in total. The van der Waals surface area contributed by atoms with Crippen molar-refractivity contribution in [1.29, 1.82) is 0 Å². The molecule has 0 aliphatic carbocycles. The summed E-state index contributed by atoms with van der Waals surface area (Å²) in [7, 11) is 1.03. The van der Waals surface area contributed by atoms with Gasteiger partial charge in [0.1, 0.15) is 13.2 Å². The molecule has 0 spiro atoms. The zero-order valence-electron chi connectivity index (χ0n) is 10.1. The van der Waals surface area contributed by atoms with Gasteiger partial charge in [0.2, 0.25) is 0 Å². The van der Waals surface area contributed by atoms with Gasteiger partial charge in [-0.3, -0.25) is 9.42 Å². The molecule has 0 aromatic carbocycles. The summed E-state index contributed by atoms with van der Waals surface area (Å²) in [5.41, 5.74) is 0. The van der Waals surface area contributed by atoms with Crippen LogP contribution in [0.3, 0.4) is 0 Å². The maximum Gasteiger partial charge on any atom is 0.529 e. The smallest absolute Gasteiger partial charge is 0.393 e. The highest BCUT2D eigenvalue weighted by atomic mass is 31.2. The Labute approximate surface area is 99.6 Å². The fourth-order valence-electron chi connectivity index (χ4n) is 0.705. The quantitative estimate of drug-likeness (QED) is 0.390. The average Bonchev–Trinajstić information content (AvgIpc) is 2.13. The van der Waals surface area contributed by atoms with Crippen LogP contribution in [-0.4, -0.2) is 72.6 Å². The third kappa shape index (κ3) is 8.25. The lowest BCUT2D eigenvalue weighted by molar-refractivity contribution is -0.870. The summed E-state index contributed by atoms with van der Waals surface area (Å²) in [6.07, 6.45) is -1.85. The Morgan fingerprint density at radius 3 is 2.35 bits per heavy atom. The summed E-state index contributed by atoms with van der Waals surface area (Å²) in [4.78, 5) is 20.0. The van der Waals surface area contributed by atoms with Crippen molar-refractivity contribution in [3.8, 4) is 0 Å². The van der Waals surface area contributed by atoms with Crippen LogP contribution in [0, 0.1) is 0 Å². The first-order valence-corrected chi connectivity index (χ1v) is 6.37. The topological polar surface area (TPSA) is 113 Å². The van der Waals surface area contributed by atoms with Crippen LogP contribution >= 0.6 is 7.82 Å². The molecule has 0 aliphatic heterocycles. The van der Waals surface area contributed by atoms with E-state index in [-0.39, 0.29) is 6.61 Å². The first kappa shape index (κ1) is 16.5. The van der Waals surface area contributed by atoms with E-state index in [9.17, 15) is 9.36 Å². The maximum atomic E-state index is 11.2. The van der Waals surface area contributed by atoms with Gasteiger partial charge in [-0.2, -0.15) is 0 Å². The maximum absolute atomic E-state index is 11.2. The van der Waals surface area contributed by atoms with Crippen molar-refractivity contribution in [2.45, 2.75) is 6.10 Å². The standard InChI is InChI=1S/C8H18NO7P/c1-9(2,3)4-5-15-17(13,14)16-8(12)7(11)6-10/h7,10-11H,4-6H2,1-3H3/p+1. The summed E-state index contributed by atoms with van der Waals surface area (Å²) >= 11 is 0. The summed E-state index contributed by atoms with van der Waals surface area (Å²) in [6, 6.07) is 0. The second-order valence-corrected chi connectivity index (χ2v) is 5.80. The van der Waals surface area contributed by atoms with Crippen molar-refractivity contribution >= 4 is 13.8 Å². The highest BCUT2D eigenvalue weighted by Gasteiger charge is 2.30. The molecule has 17 heavy (non-hydrogen) atoms. The predicted molar refractivity (Wildman–Crippen MR) is 57.9 cm³/mol. The van der Waals surface area contributed by atoms with Crippen LogP contribution in [0.15, 0.2) is 0 Å². The molecule has 0 heterocycles. The average molecular weight is 272 g/mol. The van der Waals surface area contributed by atoms with Gasteiger partial charge in [-0.05, 0) is 0 Å². The normalized spacial score (nSPS) is 17.3. The van der Waals surface area contributed by atoms with Crippen LogP contribution in [0.1, 0.15) is 0 Å². The summed E-state index contributed by atoms with van der Waals surface area (Å²) in [5.74, 6) is -1.40. The molecule has 2 atom stereocenters. The lowest BCUT2D eigenvalue weighted by atomic mass is 10.4. The molecule has 0 fully saturated rings. The number of carbonyl (C=O) groups is 1. The minimum Gasteiger partial charge on any atom is -0.393 e. The van der Waals surface area contributed by atoms with Crippen molar-refractivity contribution in [1.82, 2.24) is 0 Å². The molecule has 0 saturated carbocycles. The van der Waals surface area contributed by atoms with Gasteiger partial charge in [0.15, 0.2) is 6.10 Å². The molecule has 8 nitrogen and oxygen atoms in total. The van der Waals surface area contributed by atoms with Gasteiger partial charge < -0.3 is 19.2 Å². The molecule has 0 radical (unpaired) electrons. The third-order valence-corrected chi connectivity index (χ3v) is 2.59. The largest absolute Gasteiger partial charge is 0.529 e. The number of phosphoric acid groups is 1. The minimum atomic E-state index is -4.53. The first-order valence-electron chi connectivity index (χ1n) is 4.87. The molecule has 0 aromatic rings. The van der Waals surface area contributed by atoms with E-state index in [1.165, 1.54) is 0 Å². The molecule has 102 valence electrons.